The van der Waals surface area contributed by atoms with Crippen LogP contribution in [-0.2, 0) is 4.79 Å². The Morgan fingerprint density at radius 2 is 1.83 bits per heavy atom. The molecule has 3 aliphatic carbocycles. The van der Waals surface area contributed by atoms with Gasteiger partial charge in [0.15, 0.2) is 5.78 Å². The maximum absolute atomic E-state index is 12.7. The van der Waals surface area contributed by atoms with Gasteiger partial charge in [-0.3, -0.25) is 4.79 Å². The van der Waals surface area contributed by atoms with Gasteiger partial charge >= 0.3 is 0 Å². The SMILES string of the molecule is C=C1C(Nc2cc(C(=C)N3CC4C(C3)C4NC)ccc2C)=CC(=O)C2=C1CCCC2. The minimum Gasteiger partial charge on any atom is -0.371 e. The Morgan fingerprint density at radius 3 is 2.53 bits per heavy atom. The van der Waals surface area contributed by atoms with Gasteiger partial charge in [-0.25, -0.2) is 0 Å². The molecule has 4 nitrogen and oxygen atoms in total. The maximum Gasteiger partial charge on any atom is 0.184 e. The zero-order valence-electron chi connectivity index (χ0n) is 18.1. The van der Waals surface area contributed by atoms with E-state index in [1.54, 1.807) is 6.08 Å². The Bertz CT molecular complexity index is 1000. The predicted octanol–water partition coefficient (Wildman–Crippen LogP) is 4.42. The molecular formula is C26H31N3O. The molecule has 0 radical (unpaired) electrons. The van der Waals surface area contributed by atoms with Gasteiger partial charge in [-0.05, 0) is 79.8 Å². The Morgan fingerprint density at radius 1 is 1.13 bits per heavy atom. The Labute approximate surface area is 179 Å². The fourth-order valence-electron chi connectivity index (χ4n) is 5.53. The number of ketones is 1. The van der Waals surface area contributed by atoms with Crippen molar-refractivity contribution in [2.24, 2.45) is 11.8 Å². The van der Waals surface area contributed by atoms with Crippen molar-refractivity contribution in [3.8, 4) is 0 Å². The maximum atomic E-state index is 12.7. The molecule has 2 fully saturated rings. The first kappa shape index (κ1) is 19.4. The van der Waals surface area contributed by atoms with Crippen LogP contribution >= 0.6 is 0 Å². The first-order chi connectivity index (χ1) is 14.5. The van der Waals surface area contributed by atoms with Crippen LogP contribution in [0.4, 0.5) is 5.69 Å². The summed E-state index contributed by atoms with van der Waals surface area (Å²) < 4.78 is 0. The molecule has 1 saturated heterocycles. The molecule has 5 rings (SSSR count). The van der Waals surface area contributed by atoms with Crippen LogP contribution in [0.3, 0.4) is 0 Å². The average molecular weight is 402 g/mol. The van der Waals surface area contributed by atoms with E-state index in [0.717, 1.165) is 95.5 Å². The first-order valence-electron chi connectivity index (χ1n) is 11.1. The number of rotatable bonds is 5. The fraction of sp³-hybridized carbons (Fsp3) is 0.423. The van der Waals surface area contributed by atoms with E-state index in [1.165, 1.54) is 0 Å². The Balaban J connectivity index is 1.34. The van der Waals surface area contributed by atoms with Crippen LogP contribution < -0.4 is 10.6 Å². The minimum atomic E-state index is 0.146. The highest BCUT2D eigenvalue weighted by Gasteiger charge is 2.55. The van der Waals surface area contributed by atoms with Gasteiger partial charge in [0, 0.05) is 47.9 Å². The molecule has 1 heterocycles. The van der Waals surface area contributed by atoms with E-state index >= 15 is 0 Å². The summed E-state index contributed by atoms with van der Waals surface area (Å²) in [6.45, 7) is 13.0. The molecule has 30 heavy (non-hydrogen) atoms. The molecule has 2 N–H and O–H groups in total. The average Bonchev–Trinajstić information content (AvgIpc) is 3.23. The van der Waals surface area contributed by atoms with E-state index in [-0.39, 0.29) is 5.78 Å². The molecule has 4 heteroatoms. The molecule has 1 aliphatic heterocycles. The highest BCUT2D eigenvalue weighted by Crippen LogP contribution is 2.47. The molecule has 0 spiro atoms. The Hall–Kier alpha value is -2.59. The van der Waals surface area contributed by atoms with Gasteiger partial charge in [-0.1, -0.05) is 25.3 Å². The van der Waals surface area contributed by atoms with E-state index in [9.17, 15) is 4.79 Å². The van der Waals surface area contributed by atoms with Gasteiger partial charge < -0.3 is 15.5 Å². The molecule has 1 aromatic carbocycles. The molecule has 2 unspecified atom stereocenters. The molecular weight excluding hydrogens is 370 g/mol. The number of carbonyl (C=O) groups is 1. The third-order valence-electron chi connectivity index (χ3n) is 7.48. The summed E-state index contributed by atoms with van der Waals surface area (Å²) in [5.41, 5.74) is 8.34. The number of fused-ring (bicyclic) bond motifs is 1. The van der Waals surface area contributed by atoms with Crippen molar-refractivity contribution in [2.45, 2.75) is 38.6 Å². The summed E-state index contributed by atoms with van der Waals surface area (Å²) in [5.74, 6) is 1.66. The van der Waals surface area contributed by atoms with Gasteiger partial charge in [0.2, 0.25) is 0 Å². The number of anilines is 1. The molecule has 4 aliphatic rings. The van der Waals surface area contributed by atoms with E-state index in [1.807, 2.05) is 0 Å². The van der Waals surface area contributed by atoms with E-state index in [2.05, 4.69) is 60.9 Å². The van der Waals surface area contributed by atoms with Crippen molar-refractivity contribution in [1.29, 1.82) is 0 Å². The molecule has 0 amide bonds. The summed E-state index contributed by atoms with van der Waals surface area (Å²) in [6.07, 6.45) is 5.82. The Kier molecular flexibility index (Phi) is 4.70. The first-order valence-corrected chi connectivity index (χ1v) is 11.1. The lowest BCUT2D eigenvalue weighted by molar-refractivity contribution is -0.111. The second-order valence-corrected chi connectivity index (χ2v) is 9.21. The summed E-state index contributed by atoms with van der Waals surface area (Å²) in [5, 5.41) is 6.94. The molecule has 0 bridgehead atoms. The zero-order valence-corrected chi connectivity index (χ0v) is 18.1. The smallest absolute Gasteiger partial charge is 0.184 e. The number of allylic oxidation sites excluding steroid dienone is 3. The lowest BCUT2D eigenvalue weighted by Gasteiger charge is -2.28. The molecule has 1 saturated carbocycles. The van der Waals surface area contributed by atoms with Crippen LogP contribution in [-0.4, -0.2) is 36.9 Å². The third kappa shape index (κ3) is 3.14. The summed E-state index contributed by atoms with van der Waals surface area (Å²) in [7, 11) is 2.06. The van der Waals surface area contributed by atoms with Gasteiger partial charge in [-0.15, -0.1) is 0 Å². The lowest BCUT2D eigenvalue weighted by Crippen LogP contribution is -2.28. The van der Waals surface area contributed by atoms with E-state index in [4.69, 9.17) is 0 Å². The van der Waals surface area contributed by atoms with Crippen molar-refractivity contribution in [2.75, 3.05) is 25.5 Å². The highest BCUT2D eigenvalue weighted by atomic mass is 16.1. The number of likely N-dealkylation sites (tertiary alicyclic amines) is 1. The summed E-state index contributed by atoms with van der Waals surface area (Å²) in [6, 6.07) is 7.14. The van der Waals surface area contributed by atoms with Crippen molar-refractivity contribution < 1.29 is 4.79 Å². The predicted molar refractivity (Wildman–Crippen MR) is 123 cm³/mol. The monoisotopic (exact) mass is 401 g/mol. The highest BCUT2D eigenvalue weighted by molar-refractivity contribution is 6.08. The number of piperidine rings is 1. The van der Waals surface area contributed by atoms with Crippen LogP contribution in [0.1, 0.15) is 36.8 Å². The molecule has 0 aromatic heterocycles. The quantitative estimate of drug-likeness (QED) is 0.767. The van der Waals surface area contributed by atoms with Crippen molar-refractivity contribution in [1.82, 2.24) is 10.2 Å². The van der Waals surface area contributed by atoms with Gasteiger partial charge in [-0.2, -0.15) is 0 Å². The van der Waals surface area contributed by atoms with Gasteiger partial charge in [0.25, 0.3) is 0 Å². The van der Waals surface area contributed by atoms with Crippen molar-refractivity contribution >= 4 is 17.2 Å². The number of aryl methyl sites for hydroxylation is 1. The minimum absolute atomic E-state index is 0.146. The van der Waals surface area contributed by atoms with Crippen LogP contribution in [0.25, 0.3) is 5.70 Å². The van der Waals surface area contributed by atoms with Gasteiger partial charge in [0.05, 0.1) is 0 Å². The number of hydrogen-bond acceptors (Lipinski definition) is 4. The van der Waals surface area contributed by atoms with Crippen molar-refractivity contribution in [3.05, 3.63) is 71.0 Å². The molecule has 156 valence electrons. The normalized spacial score (nSPS) is 27.6. The van der Waals surface area contributed by atoms with E-state index in [0.29, 0.717) is 6.04 Å². The fourth-order valence-corrected chi connectivity index (χ4v) is 5.53. The molecule has 2 atom stereocenters. The van der Waals surface area contributed by atoms with Crippen LogP contribution in [0.2, 0.25) is 0 Å². The number of hydrogen-bond donors (Lipinski definition) is 2. The van der Waals surface area contributed by atoms with Gasteiger partial charge in [0.1, 0.15) is 0 Å². The summed E-state index contributed by atoms with van der Waals surface area (Å²) in [4.78, 5) is 15.1. The lowest BCUT2D eigenvalue weighted by atomic mass is 9.81. The number of nitrogens with zero attached hydrogens (tertiary/aromatic N) is 1. The number of benzene rings is 1. The zero-order chi connectivity index (χ0) is 21.0. The standard InChI is InChI=1S/C26H31N3O/c1-15-9-10-18(17(3)29-13-21-22(14-29)26(21)27-4)11-23(15)28-24-12-25(30)20-8-6-5-7-19(20)16(24)2/h9-12,21-22,26-28H,2-3,5-8,13-14H2,1,4H3. The van der Waals surface area contributed by atoms with Crippen LogP contribution in [0, 0.1) is 18.8 Å². The number of nitrogens with one attached hydrogen (secondary N) is 2. The largest absolute Gasteiger partial charge is 0.371 e. The third-order valence-corrected chi connectivity index (χ3v) is 7.48. The molecule has 1 aromatic rings. The van der Waals surface area contributed by atoms with Crippen LogP contribution in [0.15, 0.2) is 59.8 Å². The second kappa shape index (κ2) is 7.28. The number of carbonyl (C=O) groups excluding carboxylic acids is 1. The van der Waals surface area contributed by atoms with Crippen molar-refractivity contribution in [3.63, 3.8) is 0 Å². The van der Waals surface area contributed by atoms with Crippen LogP contribution in [0.5, 0.6) is 0 Å². The topological polar surface area (TPSA) is 44.4 Å². The second-order valence-electron chi connectivity index (χ2n) is 9.21. The summed E-state index contributed by atoms with van der Waals surface area (Å²) >= 11 is 0. The van der Waals surface area contributed by atoms with E-state index < -0.39 is 0 Å².